The van der Waals surface area contributed by atoms with Crippen LogP contribution in [0.15, 0.2) is 35.6 Å². The van der Waals surface area contributed by atoms with E-state index >= 15 is 0 Å². The second-order valence-electron chi connectivity index (χ2n) is 7.90. The van der Waals surface area contributed by atoms with Gasteiger partial charge in [0, 0.05) is 5.57 Å². The molecule has 0 spiro atoms. The van der Waals surface area contributed by atoms with E-state index in [2.05, 4.69) is 6.92 Å². The molecule has 150 valence electrons. The Balaban J connectivity index is 1.82. The van der Waals surface area contributed by atoms with Crippen molar-refractivity contribution in [2.24, 2.45) is 5.73 Å². The summed E-state index contributed by atoms with van der Waals surface area (Å²) in [5.41, 5.74) is 6.95. The van der Waals surface area contributed by atoms with Crippen LogP contribution in [0.25, 0.3) is 0 Å². The molecule has 1 rings (SSSR count). The highest BCUT2D eigenvalue weighted by molar-refractivity contribution is 5.42. The Morgan fingerprint density at radius 2 is 1.12 bits per heavy atom. The summed E-state index contributed by atoms with van der Waals surface area (Å²) in [6.45, 7) is 2.28. The molecule has 1 atom stereocenters. The van der Waals surface area contributed by atoms with Crippen LogP contribution in [0.3, 0.4) is 0 Å². The van der Waals surface area contributed by atoms with Gasteiger partial charge in [-0.15, -0.1) is 0 Å². The predicted molar refractivity (Wildman–Crippen MR) is 115 cm³/mol. The summed E-state index contributed by atoms with van der Waals surface area (Å²) in [4.78, 5) is 0. The zero-order valence-electron chi connectivity index (χ0n) is 17.2. The van der Waals surface area contributed by atoms with Gasteiger partial charge in [0.15, 0.2) is 0 Å². The van der Waals surface area contributed by atoms with Crippen molar-refractivity contribution in [2.45, 2.75) is 116 Å². The molecule has 3 N–H and O–H groups in total. The van der Waals surface area contributed by atoms with Crippen molar-refractivity contribution in [3.05, 3.63) is 35.6 Å². The molecule has 0 aromatic carbocycles. The lowest BCUT2D eigenvalue weighted by Crippen LogP contribution is -2.23. The highest BCUT2D eigenvalue weighted by atomic mass is 16.3. The van der Waals surface area contributed by atoms with Gasteiger partial charge in [-0.05, 0) is 6.42 Å². The molecule has 0 aliphatic heterocycles. The largest absolute Gasteiger partial charge is 0.510 e. The maximum atomic E-state index is 10.1. The Labute approximate surface area is 162 Å². The fourth-order valence-electron chi connectivity index (χ4n) is 3.63. The van der Waals surface area contributed by atoms with Gasteiger partial charge in [-0.1, -0.05) is 128 Å². The monoisotopic (exact) mass is 361 g/mol. The molecule has 0 aromatic heterocycles. The number of rotatable bonds is 17. The van der Waals surface area contributed by atoms with E-state index in [1.807, 2.05) is 24.3 Å². The molecule has 0 amide bonds. The first-order valence-corrected chi connectivity index (χ1v) is 11.3. The summed E-state index contributed by atoms with van der Waals surface area (Å²) in [6, 6.07) is -0.209. The number of aliphatic hydroxyl groups is 1. The SMILES string of the molecule is CCCCCCCCCCCCCCCCCC(N)C(O)=C1C=CC=C1. The highest BCUT2D eigenvalue weighted by Crippen LogP contribution is 2.18. The molecule has 0 bridgehead atoms. The van der Waals surface area contributed by atoms with Crippen molar-refractivity contribution in [3.8, 4) is 0 Å². The van der Waals surface area contributed by atoms with Crippen LogP contribution in [0.4, 0.5) is 0 Å². The fraction of sp³-hybridized carbons (Fsp3) is 0.750. The number of aliphatic hydroxyl groups excluding tert-OH is 1. The lowest BCUT2D eigenvalue weighted by molar-refractivity contribution is 0.351. The topological polar surface area (TPSA) is 46.2 Å². The van der Waals surface area contributed by atoms with Crippen LogP contribution in [0, 0.1) is 0 Å². The average molecular weight is 362 g/mol. The summed E-state index contributed by atoms with van der Waals surface area (Å²) in [7, 11) is 0. The summed E-state index contributed by atoms with van der Waals surface area (Å²) in [5.74, 6) is 0.348. The maximum Gasteiger partial charge on any atom is 0.116 e. The fourth-order valence-corrected chi connectivity index (χ4v) is 3.63. The van der Waals surface area contributed by atoms with Crippen molar-refractivity contribution < 1.29 is 5.11 Å². The van der Waals surface area contributed by atoms with Crippen LogP contribution >= 0.6 is 0 Å². The summed E-state index contributed by atoms with van der Waals surface area (Å²) < 4.78 is 0. The van der Waals surface area contributed by atoms with Gasteiger partial charge in [0.1, 0.15) is 5.76 Å². The number of hydrogen-bond donors (Lipinski definition) is 2. The third-order valence-corrected chi connectivity index (χ3v) is 5.43. The normalized spacial score (nSPS) is 14.3. The molecule has 0 radical (unpaired) electrons. The second-order valence-corrected chi connectivity index (χ2v) is 7.90. The van der Waals surface area contributed by atoms with Crippen molar-refractivity contribution in [1.82, 2.24) is 0 Å². The van der Waals surface area contributed by atoms with Crippen LogP contribution in [-0.2, 0) is 0 Å². The predicted octanol–water partition coefficient (Wildman–Crippen LogP) is 7.51. The zero-order valence-corrected chi connectivity index (χ0v) is 17.2. The molecule has 1 aliphatic rings. The van der Waals surface area contributed by atoms with Crippen LogP contribution in [0.2, 0.25) is 0 Å². The Hall–Kier alpha value is -1.02. The van der Waals surface area contributed by atoms with Gasteiger partial charge in [-0.25, -0.2) is 0 Å². The zero-order chi connectivity index (χ0) is 18.9. The molecule has 0 aromatic rings. The molecule has 0 saturated carbocycles. The van der Waals surface area contributed by atoms with Crippen LogP contribution in [0.1, 0.15) is 110 Å². The Morgan fingerprint density at radius 3 is 1.54 bits per heavy atom. The van der Waals surface area contributed by atoms with Gasteiger partial charge >= 0.3 is 0 Å². The van der Waals surface area contributed by atoms with Crippen molar-refractivity contribution in [2.75, 3.05) is 0 Å². The Kier molecular flexibility index (Phi) is 14.3. The first kappa shape index (κ1) is 23.0. The van der Waals surface area contributed by atoms with Gasteiger partial charge in [0.2, 0.25) is 0 Å². The molecule has 0 fully saturated rings. The second kappa shape index (κ2) is 16.2. The maximum absolute atomic E-state index is 10.1. The minimum absolute atomic E-state index is 0.209. The van der Waals surface area contributed by atoms with E-state index in [9.17, 15) is 5.11 Å². The number of nitrogens with two attached hydrogens (primary N) is 1. The summed E-state index contributed by atoms with van der Waals surface area (Å²) >= 11 is 0. The van der Waals surface area contributed by atoms with E-state index in [4.69, 9.17) is 5.73 Å². The number of unbranched alkanes of at least 4 members (excludes halogenated alkanes) is 14. The van der Waals surface area contributed by atoms with Crippen LogP contribution in [-0.4, -0.2) is 11.1 Å². The molecule has 26 heavy (non-hydrogen) atoms. The van der Waals surface area contributed by atoms with E-state index in [1.54, 1.807) is 0 Å². The lowest BCUT2D eigenvalue weighted by atomic mass is 10.0. The quantitative estimate of drug-likeness (QED) is 0.208. The van der Waals surface area contributed by atoms with E-state index in [0.717, 1.165) is 18.4 Å². The smallest absolute Gasteiger partial charge is 0.116 e. The average Bonchev–Trinajstić information content (AvgIpc) is 3.18. The first-order chi connectivity index (χ1) is 12.8. The molecule has 0 heterocycles. The third kappa shape index (κ3) is 11.6. The molecule has 2 nitrogen and oxygen atoms in total. The minimum Gasteiger partial charge on any atom is -0.510 e. The highest BCUT2D eigenvalue weighted by Gasteiger charge is 2.11. The molecule has 0 saturated heterocycles. The lowest BCUT2D eigenvalue weighted by Gasteiger charge is -2.12. The van der Waals surface area contributed by atoms with E-state index in [1.165, 1.54) is 89.9 Å². The van der Waals surface area contributed by atoms with Crippen LogP contribution in [0.5, 0.6) is 0 Å². The molecule has 1 unspecified atom stereocenters. The van der Waals surface area contributed by atoms with Crippen molar-refractivity contribution in [3.63, 3.8) is 0 Å². The Bertz CT molecular complexity index is 408. The van der Waals surface area contributed by atoms with Gasteiger partial charge in [-0.3, -0.25) is 0 Å². The standard InChI is InChI=1S/C24H43NO/c1-2-3-4-5-6-7-8-9-10-11-12-13-14-15-16-21-23(25)24(26)22-19-17-18-20-22/h17-20,23,26H,2-16,21,25H2,1H3. The first-order valence-electron chi connectivity index (χ1n) is 11.3. The minimum atomic E-state index is -0.209. The molecular formula is C24H43NO. The third-order valence-electron chi connectivity index (χ3n) is 5.43. The van der Waals surface area contributed by atoms with Gasteiger partial charge in [-0.2, -0.15) is 0 Å². The summed E-state index contributed by atoms with van der Waals surface area (Å²) in [6.07, 6.45) is 29.2. The molecule has 2 heteroatoms. The Morgan fingerprint density at radius 1 is 0.731 bits per heavy atom. The van der Waals surface area contributed by atoms with Crippen LogP contribution < -0.4 is 5.73 Å². The molecular weight excluding hydrogens is 318 g/mol. The van der Waals surface area contributed by atoms with E-state index in [-0.39, 0.29) is 6.04 Å². The van der Waals surface area contributed by atoms with Crippen molar-refractivity contribution >= 4 is 0 Å². The summed E-state index contributed by atoms with van der Waals surface area (Å²) in [5, 5.41) is 10.1. The van der Waals surface area contributed by atoms with E-state index in [0.29, 0.717) is 5.76 Å². The van der Waals surface area contributed by atoms with Gasteiger partial charge < -0.3 is 10.8 Å². The number of hydrogen-bond acceptors (Lipinski definition) is 2. The molecule has 1 aliphatic carbocycles. The number of allylic oxidation sites excluding steroid dienone is 5. The van der Waals surface area contributed by atoms with Gasteiger partial charge in [0.05, 0.1) is 6.04 Å². The van der Waals surface area contributed by atoms with E-state index < -0.39 is 0 Å². The van der Waals surface area contributed by atoms with Gasteiger partial charge in [0.25, 0.3) is 0 Å². The van der Waals surface area contributed by atoms with Crippen molar-refractivity contribution in [1.29, 1.82) is 0 Å².